The predicted octanol–water partition coefficient (Wildman–Crippen LogP) is 1.87. The largest absolute Gasteiger partial charge is 0.398 e. The molecule has 0 aliphatic carbocycles. The molecule has 1 aromatic carbocycles. The fraction of sp³-hybridized carbons (Fsp3) is 0.500. The lowest BCUT2D eigenvalue weighted by atomic mass is 10.1. The molecule has 5 heteroatoms. The van der Waals surface area contributed by atoms with Crippen molar-refractivity contribution in [3.8, 4) is 0 Å². The van der Waals surface area contributed by atoms with Gasteiger partial charge >= 0.3 is 0 Å². The second-order valence-electron chi connectivity index (χ2n) is 5.50. The van der Waals surface area contributed by atoms with Crippen LogP contribution in [0.4, 0.5) is 5.69 Å². The second kappa shape index (κ2) is 6.26. The lowest BCUT2D eigenvalue weighted by Gasteiger charge is -2.19. The van der Waals surface area contributed by atoms with Crippen LogP contribution in [0.5, 0.6) is 0 Å². The molecular formula is C16H21N3O2. The van der Waals surface area contributed by atoms with Gasteiger partial charge in [0, 0.05) is 12.1 Å². The molecule has 1 amide bonds. The Morgan fingerprint density at radius 1 is 1.19 bits per heavy atom. The summed E-state index contributed by atoms with van der Waals surface area (Å²) in [5.74, 6) is -0.0560. The van der Waals surface area contributed by atoms with Crippen LogP contribution in [-0.2, 0) is 9.63 Å². The average molecular weight is 287 g/mol. The minimum atomic E-state index is -0.0560. The highest BCUT2D eigenvalue weighted by atomic mass is 16.6. The summed E-state index contributed by atoms with van der Waals surface area (Å²) in [6.45, 7) is 4.18. The van der Waals surface area contributed by atoms with Gasteiger partial charge in [0.05, 0.1) is 5.69 Å². The van der Waals surface area contributed by atoms with Crippen molar-refractivity contribution in [2.75, 3.05) is 38.2 Å². The Bertz CT molecular complexity index is 550. The molecule has 0 aromatic heterocycles. The summed E-state index contributed by atoms with van der Waals surface area (Å²) < 4.78 is 0. The van der Waals surface area contributed by atoms with Crippen LogP contribution in [0.25, 0.3) is 0 Å². The van der Waals surface area contributed by atoms with Crippen molar-refractivity contribution in [1.29, 1.82) is 0 Å². The number of fused-ring (bicyclic) bond motifs is 1. The van der Waals surface area contributed by atoms with Crippen LogP contribution in [-0.4, -0.2) is 49.8 Å². The third kappa shape index (κ3) is 2.78. The van der Waals surface area contributed by atoms with E-state index in [-0.39, 0.29) is 5.91 Å². The molecule has 5 nitrogen and oxygen atoms in total. The van der Waals surface area contributed by atoms with E-state index in [1.54, 1.807) is 0 Å². The molecule has 1 fully saturated rings. The summed E-state index contributed by atoms with van der Waals surface area (Å²) in [7, 11) is 1.47. The molecule has 2 aliphatic heterocycles. The summed E-state index contributed by atoms with van der Waals surface area (Å²) in [5.41, 5.74) is 2.22. The summed E-state index contributed by atoms with van der Waals surface area (Å²) >= 11 is 0. The SMILES string of the molecule is CO/N=C1\C(=O)N(CCCN2CCCC2)c2ccccc21. The van der Waals surface area contributed by atoms with Gasteiger partial charge in [-0.25, -0.2) is 0 Å². The third-order valence-corrected chi connectivity index (χ3v) is 4.14. The van der Waals surface area contributed by atoms with Crippen molar-refractivity contribution in [3.63, 3.8) is 0 Å². The first-order valence-electron chi connectivity index (χ1n) is 7.56. The molecule has 3 rings (SSSR count). The standard InChI is InChI=1S/C16H21N3O2/c1-21-17-15-13-7-2-3-8-14(13)19(16(15)20)12-6-11-18-9-4-5-10-18/h2-3,7-8H,4-6,9-12H2,1H3/b17-15-. The number of nitrogens with zero attached hydrogens (tertiary/aromatic N) is 3. The number of likely N-dealkylation sites (tertiary alicyclic amines) is 1. The molecular weight excluding hydrogens is 266 g/mol. The van der Waals surface area contributed by atoms with Gasteiger partial charge < -0.3 is 14.6 Å². The van der Waals surface area contributed by atoms with Gasteiger partial charge in [-0.05, 0) is 45.0 Å². The monoisotopic (exact) mass is 287 g/mol. The highest BCUT2D eigenvalue weighted by Gasteiger charge is 2.34. The average Bonchev–Trinajstić information content (AvgIpc) is 3.10. The van der Waals surface area contributed by atoms with Gasteiger partial charge in [0.2, 0.25) is 0 Å². The number of oxime groups is 1. The van der Waals surface area contributed by atoms with E-state index in [0.717, 1.165) is 30.8 Å². The molecule has 0 unspecified atom stereocenters. The van der Waals surface area contributed by atoms with Crippen LogP contribution in [0.2, 0.25) is 0 Å². The quantitative estimate of drug-likeness (QED) is 0.777. The minimum absolute atomic E-state index is 0.0560. The summed E-state index contributed by atoms with van der Waals surface area (Å²) in [6.07, 6.45) is 3.59. The second-order valence-corrected chi connectivity index (χ2v) is 5.50. The zero-order valence-electron chi connectivity index (χ0n) is 12.4. The Labute approximate surface area is 125 Å². The Kier molecular flexibility index (Phi) is 4.20. The van der Waals surface area contributed by atoms with Crippen LogP contribution < -0.4 is 4.90 Å². The molecule has 0 atom stereocenters. The van der Waals surface area contributed by atoms with Crippen LogP contribution in [0.15, 0.2) is 29.4 Å². The number of carbonyl (C=O) groups is 1. The summed E-state index contributed by atoms with van der Waals surface area (Å²) in [5, 5.41) is 3.90. The number of amides is 1. The molecule has 2 heterocycles. The van der Waals surface area contributed by atoms with Gasteiger partial charge in [0.15, 0.2) is 5.71 Å². The van der Waals surface area contributed by atoms with Gasteiger partial charge in [-0.2, -0.15) is 0 Å². The van der Waals surface area contributed by atoms with E-state index in [1.807, 2.05) is 29.2 Å². The minimum Gasteiger partial charge on any atom is -0.398 e. The predicted molar refractivity (Wildman–Crippen MR) is 82.6 cm³/mol. The van der Waals surface area contributed by atoms with Gasteiger partial charge in [-0.1, -0.05) is 23.4 Å². The van der Waals surface area contributed by atoms with E-state index >= 15 is 0 Å². The summed E-state index contributed by atoms with van der Waals surface area (Å²) in [6, 6.07) is 7.77. The van der Waals surface area contributed by atoms with Crippen LogP contribution in [0.1, 0.15) is 24.8 Å². The van der Waals surface area contributed by atoms with E-state index in [4.69, 9.17) is 4.84 Å². The Balaban J connectivity index is 1.70. The first-order chi connectivity index (χ1) is 10.3. The van der Waals surface area contributed by atoms with Crippen molar-refractivity contribution in [1.82, 2.24) is 4.90 Å². The number of carbonyl (C=O) groups excluding carboxylic acids is 1. The van der Waals surface area contributed by atoms with Crippen molar-refractivity contribution in [3.05, 3.63) is 29.8 Å². The molecule has 0 N–H and O–H groups in total. The van der Waals surface area contributed by atoms with Crippen molar-refractivity contribution in [2.45, 2.75) is 19.3 Å². The van der Waals surface area contributed by atoms with E-state index in [0.29, 0.717) is 5.71 Å². The normalized spacial score (nSPS) is 20.3. The zero-order chi connectivity index (χ0) is 14.7. The van der Waals surface area contributed by atoms with Gasteiger partial charge in [0.1, 0.15) is 7.11 Å². The van der Waals surface area contributed by atoms with Crippen molar-refractivity contribution in [2.24, 2.45) is 5.16 Å². The number of rotatable bonds is 5. The van der Waals surface area contributed by atoms with E-state index in [2.05, 4.69) is 10.1 Å². The maximum absolute atomic E-state index is 12.5. The molecule has 21 heavy (non-hydrogen) atoms. The van der Waals surface area contributed by atoms with Crippen molar-refractivity contribution >= 4 is 17.3 Å². The topological polar surface area (TPSA) is 45.1 Å². The molecule has 1 aromatic rings. The molecule has 0 radical (unpaired) electrons. The Morgan fingerprint density at radius 2 is 1.95 bits per heavy atom. The first kappa shape index (κ1) is 14.1. The fourth-order valence-corrected chi connectivity index (χ4v) is 3.12. The molecule has 1 saturated heterocycles. The molecule has 112 valence electrons. The lowest BCUT2D eigenvalue weighted by molar-refractivity contribution is -0.112. The molecule has 0 bridgehead atoms. The van der Waals surface area contributed by atoms with E-state index < -0.39 is 0 Å². The van der Waals surface area contributed by atoms with Crippen LogP contribution in [0, 0.1) is 0 Å². The van der Waals surface area contributed by atoms with E-state index in [1.165, 1.54) is 33.0 Å². The number of benzene rings is 1. The van der Waals surface area contributed by atoms with E-state index in [9.17, 15) is 4.79 Å². The van der Waals surface area contributed by atoms with Gasteiger partial charge in [0.25, 0.3) is 5.91 Å². The van der Waals surface area contributed by atoms with Crippen LogP contribution in [0.3, 0.4) is 0 Å². The molecule has 2 aliphatic rings. The van der Waals surface area contributed by atoms with Gasteiger partial charge in [-0.15, -0.1) is 0 Å². The molecule has 0 saturated carbocycles. The number of para-hydroxylation sites is 1. The number of hydrogen-bond donors (Lipinski definition) is 0. The zero-order valence-corrected chi connectivity index (χ0v) is 12.4. The Morgan fingerprint density at radius 3 is 2.71 bits per heavy atom. The number of anilines is 1. The maximum atomic E-state index is 12.5. The molecule has 0 spiro atoms. The third-order valence-electron chi connectivity index (χ3n) is 4.14. The summed E-state index contributed by atoms with van der Waals surface area (Å²) in [4.78, 5) is 21.6. The highest BCUT2D eigenvalue weighted by molar-refractivity contribution is 6.54. The van der Waals surface area contributed by atoms with Crippen molar-refractivity contribution < 1.29 is 9.63 Å². The first-order valence-corrected chi connectivity index (χ1v) is 7.56. The number of hydrogen-bond acceptors (Lipinski definition) is 4. The fourth-order valence-electron chi connectivity index (χ4n) is 3.12. The smallest absolute Gasteiger partial charge is 0.281 e. The van der Waals surface area contributed by atoms with Gasteiger partial charge in [-0.3, -0.25) is 4.79 Å². The highest BCUT2D eigenvalue weighted by Crippen LogP contribution is 2.29. The maximum Gasteiger partial charge on any atom is 0.281 e. The Hall–Kier alpha value is -1.88. The van der Waals surface area contributed by atoms with Crippen LogP contribution >= 0.6 is 0 Å². The lowest BCUT2D eigenvalue weighted by Crippen LogP contribution is -2.33.